The monoisotopic (exact) mass is 276 g/mol. The molecule has 0 amide bonds. The van der Waals surface area contributed by atoms with E-state index in [9.17, 15) is 22.8 Å². The van der Waals surface area contributed by atoms with Crippen LogP contribution in [0.15, 0.2) is 12.2 Å². The fourth-order valence-corrected chi connectivity index (χ4v) is 3.37. The van der Waals surface area contributed by atoms with Crippen LogP contribution in [0.3, 0.4) is 0 Å². The van der Waals surface area contributed by atoms with E-state index in [0.717, 1.165) is 0 Å². The number of halogens is 3. The summed E-state index contributed by atoms with van der Waals surface area (Å²) in [7, 11) is 0. The molecule has 5 atom stereocenters. The third-order valence-corrected chi connectivity index (χ3v) is 4.25. The van der Waals surface area contributed by atoms with Gasteiger partial charge < -0.3 is 9.47 Å². The summed E-state index contributed by atoms with van der Waals surface area (Å²) in [5, 5.41) is 0. The highest BCUT2D eigenvalue weighted by atomic mass is 19.4. The maximum Gasteiger partial charge on any atom is 0.422 e. The van der Waals surface area contributed by atoms with E-state index in [2.05, 4.69) is 6.58 Å². The Morgan fingerprint density at radius 1 is 1.37 bits per heavy atom. The molecule has 3 fully saturated rings. The van der Waals surface area contributed by atoms with Crippen LogP contribution in [0, 0.1) is 17.8 Å². The summed E-state index contributed by atoms with van der Waals surface area (Å²) in [5.41, 5.74) is -1.53. The van der Waals surface area contributed by atoms with Gasteiger partial charge in [-0.05, 0) is 12.8 Å². The predicted molar refractivity (Wildman–Crippen MR) is 54.7 cm³/mol. The zero-order valence-corrected chi connectivity index (χ0v) is 9.77. The van der Waals surface area contributed by atoms with Gasteiger partial charge >= 0.3 is 18.1 Å². The Kier molecular flexibility index (Phi) is 2.46. The van der Waals surface area contributed by atoms with E-state index in [1.807, 2.05) is 0 Å². The topological polar surface area (TPSA) is 52.6 Å². The average Bonchev–Trinajstić information content (AvgIpc) is 2.91. The molecule has 0 aromatic heterocycles. The molecule has 4 nitrogen and oxygen atoms in total. The molecule has 2 saturated carbocycles. The highest BCUT2D eigenvalue weighted by Crippen LogP contribution is 2.55. The molecule has 0 aromatic carbocycles. The van der Waals surface area contributed by atoms with Crippen LogP contribution < -0.4 is 0 Å². The SMILES string of the molecule is C=C(C(=O)OC1C2CC3C(=O)OC1C3C2)C(F)(F)F. The second kappa shape index (κ2) is 3.74. The second-order valence-corrected chi connectivity index (χ2v) is 5.25. The smallest absolute Gasteiger partial charge is 0.422 e. The Hall–Kier alpha value is -1.53. The van der Waals surface area contributed by atoms with Crippen molar-refractivity contribution in [3.63, 3.8) is 0 Å². The summed E-state index contributed by atoms with van der Waals surface area (Å²) < 4.78 is 46.9. The largest absolute Gasteiger partial charge is 0.458 e. The van der Waals surface area contributed by atoms with Crippen molar-refractivity contribution in [1.82, 2.24) is 0 Å². The molecule has 0 radical (unpaired) electrons. The number of ether oxygens (including phenoxy) is 2. The van der Waals surface area contributed by atoms with Gasteiger partial charge in [-0.2, -0.15) is 13.2 Å². The van der Waals surface area contributed by atoms with Gasteiger partial charge in [0, 0.05) is 11.8 Å². The standard InChI is InChI=1S/C12H11F3O4/c1-4(12(13,14)15)10(16)18-8-5-2-6-7(3-5)11(17)19-9(6)8/h5-9H,1-3H2. The van der Waals surface area contributed by atoms with Crippen molar-refractivity contribution in [2.45, 2.75) is 31.2 Å². The lowest BCUT2D eigenvalue weighted by Crippen LogP contribution is -2.37. The molecule has 0 N–H and O–H groups in total. The quantitative estimate of drug-likeness (QED) is 0.568. The van der Waals surface area contributed by atoms with E-state index in [1.54, 1.807) is 0 Å². The Morgan fingerprint density at radius 2 is 2.05 bits per heavy atom. The first-order valence-corrected chi connectivity index (χ1v) is 5.96. The molecule has 1 aliphatic heterocycles. The van der Waals surface area contributed by atoms with E-state index in [-0.39, 0.29) is 23.7 Å². The lowest BCUT2D eigenvalue weighted by atomic mass is 9.88. The summed E-state index contributed by atoms with van der Waals surface area (Å²) >= 11 is 0. The van der Waals surface area contributed by atoms with Gasteiger partial charge in [-0.25, -0.2) is 4.79 Å². The second-order valence-electron chi connectivity index (χ2n) is 5.25. The zero-order chi connectivity index (χ0) is 13.9. The summed E-state index contributed by atoms with van der Waals surface area (Å²) in [6, 6.07) is 0. The molecule has 0 aromatic rings. The number of carbonyl (C=O) groups excluding carboxylic acids is 2. The third kappa shape index (κ3) is 1.74. The van der Waals surface area contributed by atoms with Crippen molar-refractivity contribution in [2.24, 2.45) is 17.8 Å². The van der Waals surface area contributed by atoms with Crippen LogP contribution in [-0.2, 0) is 19.1 Å². The van der Waals surface area contributed by atoms with E-state index in [0.29, 0.717) is 12.8 Å². The maximum absolute atomic E-state index is 12.3. The number of hydrogen-bond donors (Lipinski definition) is 0. The maximum atomic E-state index is 12.3. The molecule has 104 valence electrons. The van der Waals surface area contributed by atoms with Gasteiger partial charge in [-0.15, -0.1) is 0 Å². The summed E-state index contributed by atoms with van der Waals surface area (Å²) in [6.07, 6.45) is -4.96. The average molecular weight is 276 g/mol. The number of esters is 2. The summed E-state index contributed by atoms with van der Waals surface area (Å²) in [4.78, 5) is 22.9. The van der Waals surface area contributed by atoms with Crippen molar-refractivity contribution in [3.8, 4) is 0 Å². The van der Waals surface area contributed by atoms with Crippen LogP contribution in [0.4, 0.5) is 13.2 Å². The molecule has 2 aliphatic carbocycles. The van der Waals surface area contributed by atoms with Crippen LogP contribution in [0.25, 0.3) is 0 Å². The highest BCUT2D eigenvalue weighted by molar-refractivity contribution is 5.89. The van der Waals surface area contributed by atoms with Crippen LogP contribution in [0.5, 0.6) is 0 Å². The molecule has 19 heavy (non-hydrogen) atoms. The Labute approximate surface area is 106 Å². The molecule has 0 spiro atoms. The van der Waals surface area contributed by atoms with Gasteiger partial charge in [-0.1, -0.05) is 6.58 Å². The zero-order valence-electron chi connectivity index (χ0n) is 9.77. The Balaban J connectivity index is 1.71. The highest BCUT2D eigenvalue weighted by Gasteiger charge is 2.63. The fraction of sp³-hybridized carbons (Fsp3) is 0.667. The first kappa shape index (κ1) is 12.5. The normalized spacial score (nSPS) is 39.3. The summed E-state index contributed by atoms with van der Waals surface area (Å²) in [6.45, 7) is 2.70. The number of hydrogen-bond acceptors (Lipinski definition) is 4. The fourth-order valence-electron chi connectivity index (χ4n) is 3.37. The number of carbonyl (C=O) groups is 2. The van der Waals surface area contributed by atoms with Gasteiger partial charge in [0.25, 0.3) is 0 Å². The molecule has 3 rings (SSSR count). The molecular weight excluding hydrogens is 265 g/mol. The van der Waals surface area contributed by atoms with Crippen molar-refractivity contribution < 1.29 is 32.2 Å². The molecule has 2 bridgehead atoms. The van der Waals surface area contributed by atoms with E-state index in [1.165, 1.54) is 0 Å². The Morgan fingerprint density at radius 3 is 2.68 bits per heavy atom. The molecule has 7 heteroatoms. The van der Waals surface area contributed by atoms with E-state index < -0.39 is 29.9 Å². The number of rotatable bonds is 2. The van der Waals surface area contributed by atoms with E-state index in [4.69, 9.17) is 9.47 Å². The minimum absolute atomic E-state index is 0.0190. The lowest BCUT2D eigenvalue weighted by molar-refractivity contribution is -0.165. The first-order valence-electron chi connectivity index (χ1n) is 5.96. The van der Waals surface area contributed by atoms with Crippen molar-refractivity contribution in [1.29, 1.82) is 0 Å². The minimum Gasteiger partial charge on any atom is -0.458 e. The van der Waals surface area contributed by atoms with Crippen LogP contribution in [-0.4, -0.2) is 30.3 Å². The van der Waals surface area contributed by atoms with Gasteiger partial charge in [0.05, 0.1) is 5.92 Å². The van der Waals surface area contributed by atoms with Crippen LogP contribution in [0.2, 0.25) is 0 Å². The number of fused-ring (bicyclic) bond motifs is 1. The van der Waals surface area contributed by atoms with Crippen molar-refractivity contribution >= 4 is 11.9 Å². The van der Waals surface area contributed by atoms with Gasteiger partial charge in [0.15, 0.2) is 0 Å². The van der Waals surface area contributed by atoms with Crippen molar-refractivity contribution in [2.75, 3.05) is 0 Å². The number of alkyl halides is 3. The third-order valence-electron chi connectivity index (χ3n) is 4.25. The van der Waals surface area contributed by atoms with Crippen LogP contribution >= 0.6 is 0 Å². The molecule has 3 aliphatic rings. The molecule has 1 heterocycles. The Bertz CT molecular complexity index is 470. The predicted octanol–water partition coefficient (Wildman–Crippen LogP) is 1.60. The van der Waals surface area contributed by atoms with Crippen LogP contribution in [0.1, 0.15) is 12.8 Å². The molecular formula is C12H11F3O4. The first-order chi connectivity index (χ1) is 8.79. The van der Waals surface area contributed by atoms with Crippen molar-refractivity contribution in [3.05, 3.63) is 12.2 Å². The van der Waals surface area contributed by atoms with E-state index >= 15 is 0 Å². The minimum atomic E-state index is -4.80. The van der Waals surface area contributed by atoms with Gasteiger partial charge in [0.1, 0.15) is 17.8 Å². The van der Waals surface area contributed by atoms with Gasteiger partial charge in [-0.3, -0.25) is 4.79 Å². The van der Waals surface area contributed by atoms with Gasteiger partial charge in [0.2, 0.25) is 0 Å². The summed E-state index contributed by atoms with van der Waals surface area (Å²) in [5.74, 6) is -2.09. The molecule has 1 saturated heterocycles. The molecule has 5 unspecified atom stereocenters. The lowest BCUT2D eigenvalue weighted by Gasteiger charge is -2.25.